The number of nitrogens with zero attached hydrogens (tertiary/aromatic N) is 2. The van der Waals surface area contributed by atoms with Crippen molar-refractivity contribution in [1.82, 2.24) is 5.16 Å². The monoisotopic (exact) mass is 365 g/mol. The number of aromatic nitrogens is 1. The maximum absolute atomic E-state index is 12.5. The van der Waals surface area contributed by atoms with Crippen molar-refractivity contribution in [3.05, 3.63) is 53.3 Å². The van der Waals surface area contributed by atoms with Gasteiger partial charge in [-0.15, -0.1) is 0 Å². The first-order valence-corrected chi connectivity index (χ1v) is 7.55. The number of hydrogen-bond acceptors (Lipinski definition) is 7. The zero-order chi connectivity index (χ0) is 19.6. The van der Waals surface area contributed by atoms with E-state index in [0.717, 1.165) is 6.07 Å². The number of esters is 1. The molecule has 3 rings (SSSR count). The lowest BCUT2D eigenvalue weighted by Crippen LogP contribution is -2.14. The van der Waals surface area contributed by atoms with Crippen LogP contribution in [-0.2, 0) is 4.79 Å². The second kappa shape index (κ2) is 6.97. The summed E-state index contributed by atoms with van der Waals surface area (Å²) in [6, 6.07) is 10.1. The lowest BCUT2D eigenvalue weighted by molar-refractivity contribution is -0.131. The number of nitrogens with one attached hydrogen (secondary N) is 1. The summed E-state index contributed by atoms with van der Waals surface area (Å²) >= 11 is 0. The van der Waals surface area contributed by atoms with Gasteiger partial charge in [-0.25, -0.2) is 4.79 Å². The number of carbonyl (C=O) groups excluding carboxylic acids is 2. The van der Waals surface area contributed by atoms with Crippen molar-refractivity contribution in [1.29, 1.82) is 5.26 Å². The predicted molar refractivity (Wildman–Crippen MR) is 91.4 cm³/mol. The molecule has 0 atom stereocenters. The Labute approximate surface area is 151 Å². The Morgan fingerprint density at radius 1 is 1.22 bits per heavy atom. The van der Waals surface area contributed by atoms with Gasteiger partial charge in [0.05, 0.1) is 28.3 Å². The molecule has 2 aromatic carbocycles. The first-order chi connectivity index (χ1) is 12.9. The van der Waals surface area contributed by atoms with E-state index in [2.05, 4.69) is 10.5 Å². The van der Waals surface area contributed by atoms with Crippen molar-refractivity contribution in [3.63, 3.8) is 0 Å². The molecule has 2 N–H and O–H groups in total. The number of anilines is 1. The number of amides is 1. The highest BCUT2D eigenvalue weighted by Crippen LogP contribution is 2.25. The number of benzene rings is 2. The Hall–Kier alpha value is -4.19. The van der Waals surface area contributed by atoms with Crippen molar-refractivity contribution in [2.75, 3.05) is 5.32 Å². The van der Waals surface area contributed by atoms with Crippen LogP contribution in [0, 0.1) is 11.3 Å². The summed E-state index contributed by atoms with van der Waals surface area (Å²) < 4.78 is 9.99. The van der Waals surface area contributed by atoms with Crippen LogP contribution in [-0.4, -0.2) is 28.1 Å². The Bertz CT molecular complexity index is 1130. The molecule has 9 heteroatoms. The highest BCUT2D eigenvalue weighted by molar-refractivity contribution is 6.12. The molecule has 0 aliphatic carbocycles. The lowest BCUT2D eigenvalue weighted by Gasteiger charge is -2.07. The number of ether oxygens (including phenoxy) is 1. The minimum Gasteiger partial charge on any atom is -0.478 e. The zero-order valence-corrected chi connectivity index (χ0v) is 13.8. The largest absolute Gasteiger partial charge is 0.478 e. The average molecular weight is 365 g/mol. The van der Waals surface area contributed by atoms with Crippen LogP contribution in [0.2, 0.25) is 0 Å². The van der Waals surface area contributed by atoms with E-state index in [1.807, 2.05) is 6.07 Å². The topological polar surface area (TPSA) is 143 Å². The molecule has 134 valence electrons. The predicted octanol–water partition coefficient (Wildman–Crippen LogP) is 2.58. The third-order valence-corrected chi connectivity index (χ3v) is 3.54. The van der Waals surface area contributed by atoms with Crippen molar-refractivity contribution >= 4 is 34.4 Å². The van der Waals surface area contributed by atoms with Crippen LogP contribution >= 0.6 is 0 Å². The quantitative estimate of drug-likeness (QED) is 0.530. The summed E-state index contributed by atoms with van der Waals surface area (Å²) in [6.45, 7) is 1.25. The second-order valence-electron chi connectivity index (χ2n) is 5.42. The Morgan fingerprint density at radius 2 is 2.00 bits per heavy atom. The van der Waals surface area contributed by atoms with Gasteiger partial charge in [0.25, 0.3) is 5.91 Å². The van der Waals surface area contributed by atoms with Gasteiger partial charge in [-0.1, -0.05) is 5.16 Å². The van der Waals surface area contributed by atoms with E-state index < -0.39 is 17.8 Å². The molecule has 9 nitrogen and oxygen atoms in total. The lowest BCUT2D eigenvalue weighted by atomic mass is 10.1. The van der Waals surface area contributed by atoms with Crippen LogP contribution < -0.4 is 10.1 Å². The molecule has 0 fully saturated rings. The fraction of sp³-hybridized carbons (Fsp3) is 0.0556. The SMILES string of the molecule is CC(=O)Oc1ccc2c(C(=O)Nc3ccc(C#N)cc3C(=O)O)onc2c1. The van der Waals surface area contributed by atoms with Gasteiger partial charge in [0, 0.05) is 13.0 Å². The molecule has 0 aliphatic heterocycles. The molecule has 27 heavy (non-hydrogen) atoms. The Balaban J connectivity index is 1.92. The van der Waals surface area contributed by atoms with Crippen LogP contribution in [0.25, 0.3) is 10.9 Å². The minimum atomic E-state index is -1.30. The molecule has 0 unspecified atom stereocenters. The van der Waals surface area contributed by atoms with Crippen molar-refractivity contribution in [3.8, 4) is 11.8 Å². The highest BCUT2D eigenvalue weighted by Gasteiger charge is 2.20. The van der Waals surface area contributed by atoms with Gasteiger partial charge in [0.15, 0.2) is 0 Å². The molecule has 0 aliphatic rings. The maximum Gasteiger partial charge on any atom is 0.337 e. The molecular weight excluding hydrogens is 354 g/mol. The summed E-state index contributed by atoms with van der Waals surface area (Å²) in [6.07, 6.45) is 0. The van der Waals surface area contributed by atoms with Gasteiger partial charge in [0.1, 0.15) is 11.3 Å². The summed E-state index contributed by atoms with van der Waals surface area (Å²) in [5.74, 6) is -2.41. The summed E-state index contributed by atoms with van der Waals surface area (Å²) in [5.41, 5.74) is 0.210. The normalized spacial score (nSPS) is 10.2. The minimum absolute atomic E-state index is 0.00702. The Morgan fingerprint density at radius 3 is 2.67 bits per heavy atom. The van der Waals surface area contributed by atoms with Crippen LogP contribution in [0.5, 0.6) is 5.75 Å². The van der Waals surface area contributed by atoms with Crippen LogP contribution in [0.4, 0.5) is 5.69 Å². The third kappa shape index (κ3) is 3.59. The number of fused-ring (bicyclic) bond motifs is 1. The highest BCUT2D eigenvalue weighted by atomic mass is 16.5. The molecule has 0 spiro atoms. The summed E-state index contributed by atoms with van der Waals surface area (Å²) in [5, 5.41) is 24.7. The molecule has 0 radical (unpaired) electrons. The molecule has 3 aromatic rings. The molecule has 1 heterocycles. The summed E-state index contributed by atoms with van der Waals surface area (Å²) in [4.78, 5) is 34.9. The van der Waals surface area contributed by atoms with Crippen molar-refractivity contribution < 1.29 is 28.8 Å². The molecular formula is C18H11N3O6. The number of carbonyl (C=O) groups is 3. The average Bonchev–Trinajstić information content (AvgIpc) is 3.04. The van der Waals surface area contributed by atoms with E-state index in [1.165, 1.54) is 37.3 Å². The van der Waals surface area contributed by atoms with Crippen LogP contribution in [0.15, 0.2) is 40.9 Å². The number of carboxylic acid groups (broad SMARTS) is 1. The van der Waals surface area contributed by atoms with Gasteiger partial charge >= 0.3 is 11.9 Å². The first kappa shape index (κ1) is 17.6. The number of aromatic carboxylic acids is 1. The molecule has 0 saturated carbocycles. The zero-order valence-electron chi connectivity index (χ0n) is 13.8. The third-order valence-electron chi connectivity index (χ3n) is 3.54. The van der Waals surface area contributed by atoms with Crippen LogP contribution in [0.3, 0.4) is 0 Å². The van der Waals surface area contributed by atoms with Gasteiger partial charge in [-0.3, -0.25) is 9.59 Å². The van der Waals surface area contributed by atoms with Crippen molar-refractivity contribution in [2.45, 2.75) is 6.92 Å². The second-order valence-corrected chi connectivity index (χ2v) is 5.42. The van der Waals surface area contributed by atoms with Gasteiger partial charge in [-0.2, -0.15) is 5.26 Å². The fourth-order valence-corrected chi connectivity index (χ4v) is 2.40. The van der Waals surface area contributed by atoms with E-state index >= 15 is 0 Å². The molecule has 0 saturated heterocycles. The number of hydrogen-bond donors (Lipinski definition) is 2. The Kier molecular flexibility index (Phi) is 4.55. The van der Waals surface area contributed by atoms with Gasteiger partial charge < -0.3 is 19.7 Å². The van der Waals surface area contributed by atoms with E-state index in [0.29, 0.717) is 5.39 Å². The van der Waals surface area contributed by atoms with Gasteiger partial charge in [0.2, 0.25) is 5.76 Å². The number of rotatable bonds is 4. The molecule has 1 aromatic heterocycles. The standard InChI is InChI=1S/C18H11N3O6/c1-9(22)26-11-3-4-12-15(7-11)21-27-16(12)17(23)20-14-5-2-10(8-19)6-13(14)18(24)25/h2-7H,1H3,(H,20,23)(H,24,25). The fourth-order valence-electron chi connectivity index (χ4n) is 2.40. The van der Waals surface area contributed by atoms with E-state index in [4.69, 9.17) is 14.5 Å². The summed E-state index contributed by atoms with van der Waals surface area (Å²) in [7, 11) is 0. The van der Waals surface area contributed by atoms with E-state index in [1.54, 1.807) is 0 Å². The van der Waals surface area contributed by atoms with E-state index in [9.17, 15) is 19.5 Å². The maximum atomic E-state index is 12.5. The number of carboxylic acids is 1. The van der Waals surface area contributed by atoms with E-state index in [-0.39, 0.29) is 33.8 Å². The number of nitriles is 1. The van der Waals surface area contributed by atoms with Crippen molar-refractivity contribution in [2.24, 2.45) is 0 Å². The van der Waals surface area contributed by atoms with Crippen LogP contribution in [0.1, 0.15) is 33.4 Å². The molecule has 1 amide bonds. The first-order valence-electron chi connectivity index (χ1n) is 7.55. The van der Waals surface area contributed by atoms with Gasteiger partial charge in [-0.05, 0) is 30.3 Å². The smallest absolute Gasteiger partial charge is 0.337 e. The molecule has 0 bridgehead atoms.